The number of hydrogen-bond acceptors (Lipinski definition) is 3. The third-order valence-corrected chi connectivity index (χ3v) is 2.40. The zero-order valence-corrected chi connectivity index (χ0v) is 9.25. The Balaban J connectivity index is 3.16. The Hall–Kier alpha value is -1.35. The van der Waals surface area contributed by atoms with Crippen molar-refractivity contribution in [3.63, 3.8) is 0 Å². The molecule has 1 aromatic carbocycles. The number of hydrogen-bond donors (Lipinski definition) is 0. The second kappa shape index (κ2) is 4.94. The maximum absolute atomic E-state index is 11.4. The summed E-state index contributed by atoms with van der Waals surface area (Å²) in [7, 11) is 1.25. The smallest absolute Gasteiger partial charge is 0.320 e. The van der Waals surface area contributed by atoms with E-state index in [1.807, 2.05) is 0 Å². The van der Waals surface area contributed by atoms with Gasteiger partial charge in [-0.25, -0.2) is 0 Å². The number of Topliss-reactive ketones (excluding diaryl/α,β-unsaturated/α-hetero) is 1. The number of carbonyl (C=O) groups is 2. The summed E-state index contributed by atoms with van der Waals surface area (Å²) in [6.45, 7) is 1.34. The molecule has 0 spiro atoms. The van der Waals surface area contributed by atoms with Crippen LogP contribution >= 0.6 is 11.6 Å². The summed E-state index contributed by atoms with van der Waals surface area (Å²) in [6, 6.07) is 6.74. The lowest BCUT2D eigenvalue weighted by atomic mass is 9.95. The number of rotatable bonds is 3. The van der Waals surface area contributed by atoms with Crippen LogP contribution in [0.5, 0.6) is 0 Å². The van der Waals surface area contributed by atoms with Crippen molar-refractivity contribution in [2.75, 3.05) is 7.11 Å². The first-order valence-electron chi connectivity index (χ1n) is 4.40. The van der Waals surface area contributed by atoms with Gasteiger partial charge in [0, 0.05) is 5.02 Å². The van der Waals surface area contributed by atoms with E-state index in [4.69, 9.17) is 11.6 Å². The van der Waals surface area contributed by atoms with Crippen molar-refractivity contribution in [3.8, 4) is 0 Å². The van der Waals surface area contributed by atoms with Gasteiger partial charge in [0.05, 0.1) is 7.11 Å². The predicted octanol–water partition coefficient (Wildman–Crippen LogP) is 2.19. The topological polar surface area (TPSA) is 43.4 Å². The Morgan fingerprint density at radius 1 is 1.33 bits per heavy atom. The molecule has 0 saturated heterocycles. The number of carbonyl (C=O) groups excluding carboxylic acids is 2. The Labute approximate surface area is 93.0 Å². The fourth-order valence-corrected chi connectivity index (χ4v) is 1.58. The van der Waals surface area contributed by atoms with E-state index in [0.717, 1.165) is 0 Å². The second-order valence-corrected chi connectivity index (χ2v) is 3.50. The van der Waals surface area contributed by atoms with Gasteiger partial charge < -0.3 is 4.74 Å². The van der Waals surface area contributed by atoms with Crippen LogP contribution in [0.2, 0.25) is 5.02 Å². The molecule has 0 aliphatic heterocycles. The third-order valence-electron chi connectivity index (χ3n) is 2.06. The molecule has 3 nitrogen and oxygen atoms in total. The largest absolute Gasteiger partial charge is 0.468 e. The molecule has 0 saturated carbocycles. The van der Waals surface area contributed by atoms with Crippen LogP contribution in [0.25, 0.3) is 0 Å². The van der Waals surface area contributed by atoms with Crippen LogP contribution in [0.4, 0.5) is 0 Å². The van der Waals surface area contributed by atoms with Crippen molar-refractivity contribution in [2.24, 2.45) is 0 Å². The lowest BCUT2D eigenvalue weighted by molar-refractivity contribution is -0.145. The first-order valence-corrected chi connectivity index (χ1v) is 4.78. The molecule has 1 unspecified atom stereocenters. The molecule has 0 amide bonds. The molecule has 1 atom stereocenters. The van der Waals surface area contributed by atoms with Gasteiger partial charge >= 0.3 is 5.97 Å². The molecule has 15 heavy (non-hydrogen) atoms. The molecular formula is C11H11ClO3. The number of esters is 1. The Bertz CT molecular complexity index is 387. The fourth-order valence-electron chi connectivity index (χ4n) is 1.34. The monoisotopic (exact) mass is 226 g/mol. The van der Waals surface area contributed by atoms with Crippen LogP contribution < -0.4 is 0 Å². The first-order chi connectivity index (χ1) is 7.07. The van der Waals surface area contributed by atoms with Crippen LogP contribution in [0, 0.1) is 0 Å². The minimum Gasteiger partial charge on any atom is -0.468 e. The molecule has 1 rings (SSSR count). The van der Waals surface area contributed by atoms with E-state index in [0.29, 0.717) is 10.6 Å². The maximum Gasteiger partial charge on any atom is 0.320 e. The normalized spacial score (nSPS) is 11.9. The van der Waals surface area contributed by atoms with Crippen LogP contribution in [0.15, 0.2) is 24.3 Å². The molecule has 0 aromatic heterocycles. The molecule has 1 aromatic rings. The third kappa shape index (κ3) is 2.57. The highest BCUT2D eigenvalue weighted by atomic mass is 35.5. The van der Waals surface area contributed by atoms with E-state index in [1.165, 1.54) is 14.0 Å². The highest BCUT2D eigenvalue weighted by Gasteiger charge is 2.27. The molecule has 0 heterocycles. The zero-order valence-electron chi connectivity index (χ0n) is 8.49. The summed E-state index contributed by atoms with van der Waals surface area (Å²) in [5, 5.41) is 0.392. The van der Waals surface area contributed by atoms with Gasteiger partial charge in [-0.15, -0.1) is 0 Å². The average molecular weight is 227 g/mol. The van der Waals surface area contributed by atoms with Crippen LogP contribution in [-0.4, -0.2) is 18.9 Å². The standard InChI is InChI=1S/C11H11ClO3/c1-7(13)10(11(14)15-2)8-5-3-4-6-9(8)12/h3-6,10H,1-2H3. The summed E-state index contributed by atoms with van der Waals surface area (Å²) in [5.41, 5.74) is 0.485. The van der Waals surface area contributed by atoms with E-state index < -0.39 is 11.9 Å². The molecule has 80 valence electrons. The van der Waals surface area contributed by atoms with Gasteiger partial charge in [-0.05, 0) is 18.6 Å². The second-order valence-electron chi connectivity index (χ2n) is 3.09. The average Bonchev–Trinajstić information content (AvgIpc) is 2.20. The summed E-state index contributed by atoms with van der Waals surface area (Å²) in [6.07, 6.45) is 0. The SMILES string of the molecule is COC(=O)C(C(C)=O)c1ccccc1Cl. The van der Waals surface area contributed by atoms with E-state index >= 15 is 0 Å². The lowest BCUT2D eigenvalue weighted by Crippen LogP contribution is -2.21. The van der Waals surface area contributed by atoms with Crippen molar-refractivity contribution < 1.29 is 14.3 Å². The number of halogens is 1. The van der Waals surface area contributed by atoms with Crippen molar-refractivity contribution in [1.82, 2.24) is 0 Å². The van der Waals surface area contributed by atoms with Crippen molar-refractivity contribution in [1.29, 1.82) is 0 Å². The first kappa shape index (κ1) is 11.7. The minimum atomic E-state index is -0.927. The summed E-state index contributed by atoms with van der Waals surface area (Å²) < 4.78 is 4.56. The number of ketones is 1. The zero-order chi connectivity index (χ0) is 11.4. The molecule has 0 N–H and O–H groups in total. The van der Waals surface area contributed by atoms with Gasteiger partial charge in [-0.2, -0.15) is 0 Å². The number of ether oxygens (including phenoxy) is 1. The van der Waals surface area contributed by atoms with Crippen LogP contribution in [0.1, 0.15) is 18.4 Å². The summed E-state index contributed by atoms with van der Waals surface area (Å²) >= 11 is 5.90. The predicted molar refractivity (Wildman–Crippen MR) is 56.9 cm³/mol. The molecule has 0 bridgehead atoms. The van der Waals surface area contributed by atoms with Crippen molar-refractivity contribution >= 4 is 23.4 Å². The van der Waals surface area contributed by atoms with Crippen molar-refractivity contribution in [2.45, 2.75) is 12.8 Å². The van der Waals surface area contributed by atoms with Gasteiger partial charge in [-0.1, -0.05) is 29.8 Å². The number of benzene rings is 1. The van der Waals surface area contributed by atoms with Gasteiger partial charge in [0.2, 0.25) is 0 Å². The minimum absolute atomic E-state index is 0.282. The van der Waals surface area contributed by atoms with E-state index in [1.54, 1.807) is 24.3 Å². The molecule has 0 aliphatic rings. The van der Waals surface area contributed by atoms with Crippen LogP contribution in [0.3, 0.4) is 0 Å². The van der Waals surface area contributed by atoms with Gasteiger partial charge in [-0.3, -0.25) is 9.59 Å². The molecular weight excluding hydrogens is 216 g/mol. The Kier molecular flexibility index (Phi) is 3.86. The van der Waals surface area contributed by atoms with Gasteiger partial charge in [0.1, 0.15) is 11.7 Å². The Morgan fingerprint density at radius 2 is 1.93 bits per heavy atom. The van der Waals surface area contributed by atoms with E-state index in [-0.39, 0.29) is 5.78 Å². The van der Waals surface area contributed by atoms with Gasteiger partial charge in [0.15, 0.2) is 0 Å². The molecule has 0 fully saturated rings. The summed E-state index contributed by atoms with van der Waals surface area (Å²) in [5.74, 6) is -1.80. The van der Waals surface area contributed by atoms with Gasteiger partial charge in [0.25, 0.3) is 0 Å². The highest BCUT2D eigenvalue weighted by molar-refractivity contribution is 6.32. The highest BCUT2D eigenvalue weighted by Crippen LogP contribution is 2.26. The van der Waals surface area contributed by atoms with E-state index in [9.17, 15) is 9.59 Å². The summed E-state index contributed by atoms with van der Waals surface area (Å²) in [4.78, 5) is 22.7. The molecule has 4 heteroatoms. The maximum atomic E-state index is 11.4. The van der Waals surface area contributed by atoms with E-state index in [2.05, 4.69) is 4.74 Å². The lowest BCUT2D eigenvalue weighted by Gasteiger charge is -2.12. The Morgan fingerprint density at radius 3 is 2.40 bits per heavy atom. The fraction of sp³-hybridized carbons (Fsp3) is 0.273. The molecule has 0 aliphatic carbocycles. The number of methoxy groups -OCH3 is 1. The molecule has 0 radical (unpaired) electrons. The van der Waals surface area contributed by atoms with Crippen molar-refractivity contribution in [3.05, 3.63) is 34.9 Å². The quantitative estimate of drug-likeness (QED) is 0.586. The van der Waals surface area contributed by atoms with Crippen LogP contribution in [-0.2, 0) is 14.3 Å².